The van der Waals surface area contributed by atoms with Crippen LogP contribution in [0.1, 0.15) is 52.4 Å². The lowest BCUT2D eigenvalue weighted by Gasteiger charge is -2.54. The van der Waals surface area contributed by atoms with Crippen LogP contribution in [-0.4, -0.2) is 47.6 Å². The van der Waals surface area contributed by atoms with Crippen molar-refractivity contribution in [3.63, 3.8) is 0 Å². The van der Waals surface area contributed by atoms with Crippen molar-refractivity contribution in [1.29, 1.82) is 5.26 Å². The van der Waals surface area contributed by atoms with Crippen LogP contribution in [0.2, 0.25) is 0 Å². The zero-order valence-electron chi connectivity index (χ0n) is 12.2. The molecule has 1 aliphatic carbocycles. The zero-order chi connectivity index (χ0) is 13.2. The predicted octanol–water partition coefficient (Wildman–Crippen LogP) is 2.63. The van der Waals surface area contributed by atoms with E-state index in [0.29, 0.717) is 18.5 Å². The van der Waals surface area contributed by atoms with Crippen molar-refractivity contribution in [2.24, 2.45) is 0 Å². The minimum Gasteiger partial charge on any atom is -0.303 e. The highest BCUT2D eigenvalue weighted by Gasteiger charge is 2.42. The first-order valence-electron chi connectivity index (χ1n) is 7.38. The van der Waals surface area contributed by atoms with Crippen molar-refractivity contribution in [2.75, 3.05) is 20.1 Å². The molecule has 0 radical (unpaired) electrons. The summed E-state index contributed by atoms with van der Waals surface area (Å²) in [7, 11) is 2.18. The first-order valence-corrected chi connectivity index (χ1v) is 7.38. The molecule has 2 aliphatic rings. The Balaban J connectivity index is 2.17. The van der Waals surface area contributed by atoms with Gasteiger partial charge in [-0.25, -0.2) is 0 Å². The molecule has 2 fully saturated rings. The summed E-state index contributed by atoms with van der Waals surface area (Å²) in [6.07, 6.45) is 7.46. The molecule has 18 heavy (non-hydrogen) atoms. The molecule has 0 spiro atoms. The predicted molar refractivity (Wildman–Crippen MR) is 74.3 cm³/mol. The zero-order valence-corrected chi connectivity index (χ0v) is 12.2. The average molecular weight is 249 g/mol. The van der Waals surface area contributed by atoms with E-state index in [1.165, 1.54) is 32.1 Å². The van der Waals surface area contributed by atoms with Gasteiger partial charge in [-0.05, 0) is 33.7 Å². The Labute approximate surface area is 112 Å². The quantitative estimate of drug-likeness (QED) is 0.753. The number of rotatable bonds is 2. The summed E-state index contributed by atoms with van der Waals surface area (Å²) in [6.45, 7) is 6.86. The fourth-order valence-electron chi connectivity index (χ4n) is 4.17. The van der Waals surface area contributed by atoms with Gasteiger partial charge in [-0.1, -0.05) is 19.3 Å². The summed E-state index contributed by atoms with van der Waals surface area (Å²) in [5, 5.41) is 9.10. The Morgan fingerprint density at radius 2 is 1.89 bits per heavy atom. The molecule has 1 aliphatic heterocycles. The van der Waals surface area contributed by atoms with Crippen molar-refractivity contribution < 1.29 is 0 Å². The summed E-state index contributed by atoms with van der Waals surface area (Å²) in [6, 6.07) is 3.53. The molecule has 0 N–H and O–H groups in total. The van der Waals surface area contributed by atoms with Gasteiger partial charge in [-0.15, -0.1) is 0 Å². The lowest BCUT2D eigenvalue weighted by molar-refractivity contribution is -0.0542. The Hall–Kier alpha value is -0.590. The molecule has 102 valence electrons. The van der Waals surface area contributed by atoms with Crippen molar-refractivity contribution in [3.05, 3.63) is 0 Å². The van der Waals surface area contributed by atoms with Crippen molar-refractivity contribution in [3.8, 4) is 6.07 Å². The van der Waals surface area contributed by atoms with Crippen LogP contribution in [0.25, 0.3) is 0 Å². The highest BCUT2D eigenvalue weighted by atomic mass is 15.3. The molecular formula is C15H27N3. The topological polar surface area (TPSA) is 30.3 Å². The van der Waals surface area contributed by atoms with Crippen LogP contribution in [0.5, 0.6) is 0 Å². The minimum atomic E-state index is 0.205. The third kappa shape index (κ3) is 2.87. The Kier molecular flexibility index (Phi) is 4.29. The maximum atomic E-state index is 9.10. The van der Waals surface area contributed by atoms with Crippen LogP contribution >= 0.6 is 0 Å². The summed E-state index contributed by atoms with van der Waals surface area (Å²) < 4.78 is 0. The third-order valence-corrected chi connectivity index (χ3v) is 4.57. The summed E-state index contributed by atoms with van der Waals surface area (Å²) >= 11 is 0. The number of hydrogen-bond acceptors (Lipinski definition) is 3. The van der Waals surface area contributed by atoms with E-state index in [-0.39, 0.29) is 5.54 Å². The fraction of sp³-hybridized carbons (Fsp3) is 0.933. The van der Waals surface area contributed by atoms with E-state index in [0.717, 1.165) is 13.1 Å². The van der Waals surface area contributed by atoms with Crippen LogP contribution in [-0.2, 0) is 0 Å². The standard InChI is InChI=1S/C15H27N3/c1-15(2)12-17(3)11-14(9-10-16)18(15)13-7-5-4-6-8-13/h13-14H,4-9,11-12H2,1-3H3. The number of hydrogen-bond donors (Lipinski definition) is 0. The molecule has 0 aromatic carbocycles. The van der Waals surface area contributed by atoms with E-state index in [1.807, 2.05) is 0 Å². The smallest absolute Gasteiger partial charge is 0.0638 e. The molecular weight excluding hydrogens is 222 g/mol. The van der Waals surface area contributed by atoms with E-state index in [2.05, 4.69) is 36.8 Å². The average Bonchev–Trinajstić information content (AvgIpc) is 2.28. The maximum Gasteiger partial charge on any atom is 0.0638 e. The summed E-state index contributed by atoms with van der Waals surface area (Å²) in [5.41, 5.74) is 0.205. The van der Waals surface area contributed by atoms with E-state index in [9.17, 15) is 0 Å². The van der Waals surface area contributed by atoms with Gasteiger partial charge < -0.3 is 4.90 Å². The lowest BCUT2D eigenvalue weighted by atomic mass is 9.85. The molecule has 3 nitrogen and oxygen atoms in total. The second-order valence-electron chi connectivity index (χ2n) is 6.72. The largest absolute Gasteiger partial charge is 0.303 e. The molecule has 1 saturated heterocycles. The molecule has 0 aromatic heterocycles. The number of nitrogens with zero attached hydrogens (tertiary/aromatic N) is 3. The highest BCUT2D eigenvalue weighted by molar-refractivity contribution is 5.01. The monoisotopic (exact) mass is 249 g/mol. The Bertz CT molecular complexity index is 312. The van der Waals surface area contributed by atoms with E-state index >= 15 is 0 Å². The van der Waals surface area contributed by atoms with Gasteiger partial charge in [0.1, 0.15) is 0 Å². The van der Waals surface area contributed by atoms with Gasteiger partial charge in [-0.3, -0.25) is 4.90 Å². The number of piperazine rings is 1. The van der Waals surface area contributed by atoms with Crippen LogP contribution in [0.4, 0.5) is 0 Å². The second-order valence-corrected chi connectivity index (χ2v) is 6.72. The van der Waals surface area contributed by atoms with Gasteiger partial charge in [0.2, 0.25) is 0 Å². The van der Waals surface area contributed by atoms with E-state index < -0.39 is 0 Å². The van der Waals surface area contributed by atoms with Gasteiger partial charge in [0.05, 0.1) is 12.5 Å². The highest BCUT2D eigenvalue weighted by Crippen LogP contribution is 2.34. The van der Waals surface area contributed by atoms with Crippen LogP contribution in [0.15, 0.2) is 0 Å². The van der Waals surface area contributed by atoms with Crippen LogP contribution in [0, 0.1) is 11.3 Å². The van der Waals surface area contributed by atoms with Crippen LogP contribution in [0.3, 0.4) is 0 Å². The van der Waals surface area contributed by atoms with Crippen molar-refractivity contribution >= 4 is 0 Å². The number of likely N-dealkylation sites (N-methyl/N-ethyl adjacent to an activating group) is 1. The van der Waals surface area contributed by atoms with Crippen LogP contribution < -0.4 is 0 Å². The third-order valence-electron chi connectivity index (χ3n) is 4.57. The Morgan fingerprint density at radius 1 is 1.22 bits per heavy atom. The first kappa shape index (κ1) is 13.8. The molecule has 1 heterocycles. The molecule has 1 saturated carbocycles. The van der Waals surface area contributed by atoms with Gasteiger partial charge >= 0.3 is 0 Å². The van der Waals surface area contributed by atoms with E-state index in [1.54, 1.807) is 0 Å². The molecule has 1 atom stereocenters. The van der Waals surface area contributed by atoms with E-state index in [4.69, 9.17) is 5.26 Å². The van der Waals surface area contributed by atoms with Crippen molar-refractivity contribution in [2.45, 2.75) is 70.0 Å². The molecule has 3 heteroatoms. The van der Waals surface area contributed by atoms with Gasteiger partial charge in [-0.2, -0.15) is 5.26 Å². The van der Waals surface area contributed by atoms with Gasteiger partial charge in [0, 0.05) is 30.7 Å². The molecule has 0 amide bonds. The molecule has 1 unspecified atom stereocenters. The van der Waals surface area contributed by atoms with Gasteiger partial charge in [0.15, 0.2) is 0 Å². The molecule has 0 bridgehead atoms. The number of nitriles is 1. The maximum absolute atomic E-state index is 9.10. The minimum absolute atomic E-state index is 0.205. The fourth-order valence-corrected chi connectivity index (χ4v) is 4.17. The lowest BCUT2D eigenvalue weighted by Crippen LogP contribution is -2.66. The first-order chi connectivity index (χ1) is 8.54. The SMILES string of the molecule is CN1CC(CC#N)N(C2CCCCC2)C(C)(C)C1. The van der Waals surface area contributed by atoms with Crippen molar-refractivity contribution in [1.82, 2.24) is 9.80 Å². The van der Waals surface area contributed by atoms with Gasteiger partial charge in [0.25, 0.3) is 0 Å². The summed E-state index contributed by atoms with van der Waals surface area (Å²) in [5.74, 6) is 0. The molecule has 2 rings (SSSR count). The Morgan fingerprint density at radius 3 is 2.50 bits per heavy atom. The molecule has 0 aromatic rings. The summed E-state index contributed by atoms with van der Waals surface area (Å²) in [4.78, 5) is 5.08. The normalized spacial score (nSPS) is 31.1. The second kappa shape index (κ2) is 5.59.